The number of carbonyl (C=O) groups excluding carboxylic acids is 2. The Morgan fingerprint density at radius 2 is 1.79 bits per heavy atom. The van der Waals surface area contributed by atoms with Gasteiger partial charge in [-0.15, -0.1) is 0 Å². The molecule has 0 aromatic rings. The van der Waals surface area contributed by atoms with Crippen molar-refractivity contribution < 1.29 is 9.59 Å². The van der Waals surface area contributed by atoms with Crippen LogP contribution < -0.4 is 0 Å². The average molecular weight is 401 g/mol. The molecule has 0 N–H and O–H groups in total. The lowest BCUT2D eigenvalue weighted by atomic mass is 9.54. The van der Waals surface area contributed by atoms with Gasteiger partial charge in [0.05, 0.1) is 6.42 Å². The number of carbonyl (C=O) groups is 2. The highest BCUT2D eigenvalue weighted by Crippen LogP contribution is 2.62. The van der Waals surface area contributed by atoms with Gasteiger partial charge in [-0.3, -0.25) is 9.59 Å². The largest absolute Gasteiger partial charge is 0.299 e. The Morgan fingerprint density at radius 1 is 1.03 bits per heavy atom. The van der Waals surface area contributed by atoms with Gasteiger partial charge in [0.2, 0.25) is 0 Å². The lowest BCUT2D eigenvalue weighted by Crippen LogP contribution is -2.43. The predicted octanol–water partition coefficient (Wildman–Crippen LogP) is 7.17. The van der Waals surface area contributed by atoms with E-state index in [0.29, 0.717) is 30.1 Å². The molecule has 0 bridgehead atoms. The molecule has 3 aliphatic rings. The van der Waals surface area contributed by atoms with Crippen LogP contribution in [0.1, 0.15) is 105 Å². The zero-order chi connectivity index (χ0) is 21.2. The molecule has 0 heterocycles. The highest BCUT2D eigenvalue weighted by molar-refractivity contribution is 5.99. The summed E-state index contributed by atoms with van der Waals surface area (Å²) in [6.07, 6.45) is 13.8. The van der Waals surface area contributed by atoms with Crippen molar-refractivity contribution in [2.45, 2.75) is 105 Å². The summed E-state index contributed by atoms with van der Waals surface area (Å²) >= 11 is 0. The van der Waals surface area contributed by atoms with Gasteiger partial charge in [0.1, 0.15) is 11.6 Å². The summed E-state index contributed by atoms with van der Waals surface area (Å²) < 4.78 is 0. The van der Waals surface area contributed by atoms with Crippen molar-refractivity contribution in [1.82, 2.24) is 0 Å². The molecule has 2 nitrogen and oxygen atoms in total. The minimum Gasteiger partial charge on any atom is -0.299 e. The van der Waals surface area contributed by atoms with Crippen LogP contribution in [0.25, 0.3) is 0 Å². The molecule has 0 aromatic heterocycles. The molecular weight excluding hydrogens is 356 g/mol. The first-order valence-electron chi connectivity index (χ1n) is 12.4. The smallest absolute Gasteiger partial charge is 0.144 e. The first kappa shape index (κ1) is 22.8. The Kier molecular flexibility index (Phi) is 7.44. The van der Waals surface area contributed by atoms with Crippen molar-refractivity contribution in [2.24, 2.45) is 40.9 Å². The first-order valence-corrected chi connectivity index (χ1v) is 12.4. The minimum absolute atomic E-state index is 0.101. The maximum Gasteiger partial charge on any atom is 0.144 e. The van der Waals surface area contributed by atoms with Crippen LogP contribution in [0.2, 0.25) is 0 Å². The van der Waals surface area contributed by atoms with Gasteiger partial charge < -0.3 is 0 Å². The summed E-state index contributed by atoms with van der Waals surface area (Å²) in [6, 6.07) is 0. The Bertz CT molecular complexity index is 630. The van der Waals surface area contributed by atoms with Gasteiger partial charge in [-0.2, -0.15) is 0 Å². The fourth-order valence-electron chi connectivity index (χ4n) is 7.41. The number of hydrogen-bond donors (Lipinski definition) is 0. The molecule has 2 fully saturated rings. The van der Waals surface area contributed by atoms with Crippen molar-refractivity contribution in [3.8, 4) is 0 Å². The standard InChI is InChI=1S/C27H44O2/c1-18(2)7-6-8-20(4)25-13-14-26-24-12-11-22(29)17-21(28)10-9-19(3)23(24)15-16-27(25,26)5/h9,18,20,23-26H,6-8,10-17H2,1-5H3/b19-9-/t20-,23-,24-,25-,26+,27-/m1/s1. The van der Waals surface area contributed by atoms with Gasteiger partial charge in [0.15, 0.2) is 0 Å². The highest BCUT2D eigenvalue weighted by Gasteiger charge is 2.54. The third-order valence-corrected chi connectivity index (χ3v) is 9.03. The number of hydrogen-bond acceptors (Lipinski definition) is 2. The van der Waals surface area contributed by atoms with Gasteiger partial charge in [-0.25, -0.2) is 0 Å². The van der Waals surface area contributed by atoms with Crippen molar-refractivity contribution in [1.29, 1.82) is 0 Å². The number of Topliss-reactive ketones (excluding diaryl/α,β-unsaturated/α-hetero) is 2. The summed E-state index contributed by atoms with van der Waals surface area (Å²) in [4.78, 5) is 24.4. The molecule has 0 aromatic carbocycles. The maximum absolute atomic E-state index is 12.3. The van der Waals surface area contributed by atoms with Crippen LogP contribution in [0.3, 0.4) is 0 Å². The number of ketones is 2. The fraction of sp³-hybridized carbons (Fsp3) is 0.852. The monoisotopic (exact) mass is 400 g/mol. The highest BCUT2D eigenvalue weighted by atomic mass is 16.1. The molecule has 0 saturated heterocycles. The van der Waals surface area contributed by atoms with Crippen molar-refractivity contribution >= 4 is 11.6 Å². The van der Waals surface area contributed by atoms with Gasteiger partial charge in [0.25, 0.3) is 0 Å². The number of allylic oxidation sites excluding steroid dienone is 2. The maximum atomic E-state index is 12.3. The van der Waals surface area contributed by atoms with E-state index in [4.69, 9.17) is 0 Å². The molecule has 0 aliphatic heterocycles. The first-order chi connectivity index (χ1) is 13.7. The topological polar surface area (TPSA) is 34.1 Å². The van der Waals surface area contributed by atoms with E-state index in [0.717, 1.165) is 30.1 Å². The predicted molar refractivity (Wildman–Crippen MR) is 121 cm³/mol. The quantitative estimate of drug-likeness (QED) is 0.362. The molecule has 29 heavy (non-hydrogen) atoms. The van der Waals surface area contributed by atoms with Crippen molar-refractivity contribution in [2.75, 3.05) is 0 Å². The lowest BCUT2D eigenvalue weighted by Gasteiger charge is -2.50. The summed E-state index contributed by atoms with van der Waals surface area (Å²) in [6.45, 7) is 12.0. The van der Waals surface area contributed by atoms with Crippen LogP contribution >= 0.6 is 0 Å². The van der Waals surface area contributed by atoms with Crippen LogP contribution in [-0.4, -0.2) is 11.6 Å². The van der Waals surface area contributed by atoms with Crippen LogP contribution in [0.5, 0.6) is 0 Å². The molecule has 164 valence electrons. The molecule has 3 aliphatic carbocycles. The van der Waals surface area contributed by atoms with Gasteiger partial charge in [-0.05, 0) is 80.0 Å². The molecule has 0 radical (unpaired) electrons. The SMILES string of the molecule is C/C1=C/CC(=O)CC(=O)CC[C@@H]2[C@@H]1CC[C@]1(C)[C@@H]([C@H](C)CCCC(C)C)CC[C@@H]21. The van der Waals surface area contributed by atoms with Gasteiger partial charge in [-0.1, -0.05) is 58.6 Å². The Hall–Kier alpha value is -0.920. The summed E-state index contributed by atoms with van der Waals surface area (Å²) in [5.41, 5.74) is 1.87. The lowest BCUT2D eigenvalue weighted by molar-refractivity contribution is -0.127. The molecule has 3 rings (SSSR count). The van der Waals surface area contributed by atoms with Crippen LogP contribution in [-0.2, 0) is 9.59 Å². The van der Waals surface area contributed by atoms with Crippen LogP contribution in [0, 0.1) is 40.9 Å². The van der Waals surface area contributed by atoms with E-state index in [1.807, 2.05) is 0 Å². The molecule has 0 unspecified atom stereocenters. The Labute approximate surface area is 179 Å². The second-order valence-corrected chi connectivity index (χ2v) is 11.4. The molecular formula is C27H44O2. The second-order valence-electron chi connectivity index (χ2n) is 11.4. The fourth-order valence-corrected chi connectivity index (χ4v) is 7.41. The van der Waals surface area contributed by atoms with Crippen LogP contribution in [0.15, 0.2) is 11.6 Å². The third kappa shape index (κ3) is 5.05. The van der Waals surface area contributed by atoms with E-state index in [1.165, 1.54) is 50.5 Å². The van der Waals surface area contributed by atoms with E-state index < -0.39 is 0 Å². The molecule has 6 atom stereocenters. The number of rotatable bonds is 5. The van der Waals surface area contributed by atoms with Crippen molar-refractivity contribution in [3.63, 3.8) is 0 Å². The zero-order valence-electron chi connectivity index (χ0n) is 19.6. The molecule has 0 amide bonds. The van der Waals surface area contributed by atoms with E-state index in [2.05, 4.69) is 40.7 Å². The Balaban J connectivity index is 1.76. The molecule has 2 heteroatoms. The van der Waals surface area contributed by atoms with Crippen molar-refractivity contribution in [3.05, 3.63) is 11.6 Å². The number of fused-ring (bicyclic) bond motifs is 3. The molecule has 2 saturated carbocycles. The van der Waals surface area contributed by atoms with E-state index in [1.54, 1.807) is 0 Å². The second kappa shape index (κ2) is 9.48. The Morgan fingerprint density at radius 3 is 2.52 bits per heavy atom. The van der Waals surface area contributed by atoms with E-state index >= 15 is 0 Å². The average Bonchev–Trinajstić information content (AvgIpc) is 3.00. The summed E-state index contributed by atoms with van der Waals surface area (Å²) in [7, 11) is 0. The van der Waals surface area contributed by atoms with Gasteiger partial charge >= 0.3 is 0 Å². The third-order valence-electron chi connectivity index (χ3n) is 9.03. The van der Waals surface area contributed by atoms with Crippen LogP contribution in [0.4, 0.5) is 0 Å². The molecule has 0 spiro atoms. The minimum atomic E-state index is 0.101. The normalized spacial score (nSPS) is 38.9. The summed E-state index contributed by atoms with van der Waals surface area (Å²) in [5.74, 6) is 4.72. The van der Waals surface area contributed by atoms with E-state index in [-0.39, 0.29) is 18.0 Å². The zero-order valence-corrected chi connectivity index (χ0v) is 19.6. The van der Waals surface area contributed by atoms with Gasteiger partial charge in [0, 0.05) is 12.8 Å². The van der Waals surface area contributed by atoms with E-state index in [9.17, 15) is 9.59 Å². The summed E-state index contributed by atoms with van der Waals surface area (Å²) in [5, 5.41) is 0.